The normalized spacial score (nSPS) is 10.7. The molecule has 1 amide bonds. The lowest BCUT2D eigenvalue weighted by Crippen LogP contribution is -2.17. The minimum absolute atomic E-state index is 0.217. The highest BCUT2D eigenvalue weighted by Crippen LogP contribution is 2.16. The van der Waals surface area contributed by atoms with Gasteiger partial charge in [0, 0.05) is 11.1 Å². The van der Waals surface area contributed by atoms with E-state index in [1.165, 1.54) is 24.4 Å². The van der Waals surface area contributed by atoms with Crippen molar-refractivity contribution in [3.05, 3.63) is 65.5 Å². The largest absolute Gasteiger partial charge is 0.493 e. The van der Waals surface area contributed by atoms with Crippen molar-refractivity contribution in [2.24, 2.45) is 5.10 Å². The molecule has 2 rings (SSSR count). The third-order valence-electron chi connectivity index (χ3n) is 3.13. The molecule has 0 aliphatic rings. The number of para-hydroxylation sites is 1. The van der Waals surface area contributed by atoms with Gasteiger partial charge < -0.3 is 4.74 Å². The van der Waals surface area contributed by atoms with Gasteiger partial charge in [-0.25, -0.2) is 9.82 Å². The molecule has 2 aromatic rings. The third-order valence-corrected chi connectivity index (χ3v) is 3.13. The molecule has 0 aromatic heterocycles. The Hall–Kier alpha value is -2.69. The molecule has 0 saturated carbocycles. The van der Waals surface area contributed by atoms with Gasteiger partial charge in [0.2, 0.25) is 0 Å². The number of nitrogens with one attached hydrogen (secondary N) is 1. The molecule has 0 bridgehead atoms. The highest BCUT2D eigenvalue weighted by molar-refractivity contribution is 5.95. The van der Waals surface area contributed by atoms with Crippen LogP contribution in [-0.2, 0) is 0 Å². The number of halogens is 1. The predicted molar refractivity (Wildman–Crippen MR) is 88.3 cm³/mol. The number of rotatable bonds is 7. The molecule has 4 nitrogen and oxygen atoms in total. The van der Waals surface area contributed by atoms with Gasteiger partial charge in [0.25, 0.3) is 5.91 Å². The number of benzene rings is 2. The van der Waals surface area contributed by atoms with E-state index in [0.29, 0.717) is 12.4 Å². The molecule has 23 heavy (non-hydrogen) atoms. The maximum atomic E-state index is 13.1. The minimum atomic E-state index is -0.467. The predicted octanol–water partition coefficient (Wildman–Crippen LogP) is 3.77. The molecule has 0 aliphatic heterocycles. The van der Waals surface area contributed by atoms with E-state index >= 15 is 0 Å². The first-order chi connectivity index (χ1) is 11.2. The molecular formula is C18H19FN2O2. The highest BCUT2D eigenvalue weighted by atomic mass is 19.1. The smallest absolute Gasteiger partial charge is 0.271 e. The van der Waals surface area contributed by atoms with Crippen molar-refractivity contribution in [3.8, 4) is 5.75 Å². The first kappa shape index (κ1) is 16.7. The number of carbonyl (C=O) groups is 1. The average Bonchev–Trinajstić information content (AvgIpc) is 2.56. The van der Waals surface area contributed by atoms with Gasteiger partial charge in [0.15, 0.2) is 0 Å². The van der Waals surface area contributed by atoms with E-state index in [-0.39, 0.29) is 5.56 Å². The van der Waals surface area contributed by atoms with Crippen LogP contribution in [0.15, 0.2) is 53.6 Å². The molecule has 0 radical (unpaired) electrons. The SMILES string of the molecule is CCCCOc1ccccc1C=NNC(=O)c1cccc(F)c1. The number of carbonyl (C=O) groups excluding carboxylic acids is 1. The summed E-state index contributed by atoms with van der Waals surface area (Å²) in [7, 11) is 0. The summed E-state index contributed by atoms with van der Waals surface area (Å²) in [5.74, 6) is -0.217. The zero-order valence-electron chi connectivity index (χ0n) is 13.0. The Labute approximate surface area is 135 Å². The van der Waals surface area contributed by atoms with Gasteiger partial charge >= 0.3 is 0 Å². The van der Waals surface area contributed by atoms with Gasteiger partial charge in [-0.05, 0) is 36.8 Å². The number of hydrogen-bond donors (Lipinski definition) is 1. The molecule has 0 unspecified atom stereocenters. The zero-order chi connectivity index (χ0) is 16.5. The summed E-state index contributed by atoms with van der Waals surface area (Å²) < 4.78 is 18.8. The van der Waals surface area contributed by atoms with Crippen molar-refractivity contribution in [1.29, 1.82) is 0 Å². The number of unbranched alkanes of at least 4 members (excludes halogenated alkanes) is 1. The van der Waals surface area contributed by atoms with Crippen LogP contribution in [0.4, 0.5) is 4.39 Å². The van der Waals surface area contributed by atoms with Crippen LogP contribution in [0.1, 0.15) is 35.7 Å². The second kappa shape index (κ2) is 8.68. The average molecular weight is 314 g/mol. The molecule has 1 N–H and O–H groups in total. The molecule has 0 saturated heterocycles. The second-order valence-corrected chi connectivity index (χ2v) is 4.95. The lowest BCUT2D eigenvalue weighted by Gasteiger charge is -2.08. The Morgan fingerprint density at radius 2 is 2.09 bits per heavy atom. The van der Waals surface area contributed by atoms with Crippen LogP contribution in [0.5, 0.6) is 5.75 Å². The van der Waals surface area contributed by atoms with Crippen molar-refractivity contribution in [2.75, 3.05) is 6.61 Å². The van der Waals surface area contributed by atoms with Crippen LogP contribution in [0.3, 0.4) is 0 Å². The first-order valence-electron chi connectivity index (χ1n) is 7.51. The van der Waals surface area contributed by atoms with Gasteiger partial charge in [0.1, 0.15) is 11.6 Å². The van der Waals surface area contributed by atoms with E-state index in [2.05, 4.69) is 17.5 Å². The number of nitrogens with zero attached hydrogens (tertiary/aromatic N) is 1. The van der Waals surface area contributed by atoms with Crippen LogP contribution >= 0.6 is 0 Å². The van der Waals surface area contributed by atoms with E-state index in [1.54, 1.807) is 0 Å². The fraction of sp³-hybridized carbons (Fsp3) is 0.222. The quantitative estimate of drug-likeness (QED) is 0.480. The van der Waals surface area contributed by atoms with Gasteiger partial charge in [-0.1, -0.05) is 31.5 Å². The van der Waals surface area contributed by atoms with Crippen LogP contribution in [0.2, 0.25) is 0 Å². The molecule has 0 spiro atoms. The third kappa shape index (κ3) is 5.21. The van der Waals surface area contributed by atoms with Crippen molar-refractivity contribution in [3.63, 3.8) is 0 Å². The Morgan fingerprint density at radius 1 is 1.26 bits per heavy atom. The van der Waals surface area contributed by atoms with Crippen LogP contribution in [0.25, 0.3) is 0 Å². The Balaban J connectivity index is 1.99. The highest BCUT2D eigenvalue weighted by Gasteiger charge is 2.05. The zero-order valence-corrected chi connectivity index (χ0v) is 13.0. The minimum Gasteiger partial charge on any atom is -0.493 e. The Morgan fingerprint density at radius 3 is 2.87 bits per heavy atom. The Kier molecular flexibility index (Phi) is 6.29. The number of ether oxygens (including phenoxy) is 1. The maximum absolute atomic E-state index is 13.1. The molecule has 0 fully saturated rings. The molecule has 5 heteroatoms. The summed E-state index contributed by atoms with van der Waals surface area (Å²) in [4.78, 5) is 11.9. The van der Waals surface area contributed by atoms with E-state index in [4.69, 9.17) is 4.74 Å². The van der Waals surface area contributed by atoms with E-state index in [0.717, 1.165) is 24.5 Å². The van der Waals surface area contributed by atoms with Crippen LogP contribution < -0.4 is 10.2 Å². The molecule has 0 aliphatic carbocycles. The van der Waals surface area contributed by atoms with Gasteiger partial charge in [0.05, 0.1) is 12.8 Å². The van der Waals surface area contributed by atoms with E-state index in [1.807, 2.05) is 24.3 Å². The summed E-state index contributed by atoms with van der Waals surface area (Å²) in [5.41, 5.74) is 3.36. The molecule has 120 valence electrons. The lowest BCUT2D eigenvalue weighted by molar-refractivity contribution is 0.0954. The van der Waals surface area contributed by atoms with Crippen molar-refractivity contribution in [2.45, 2.75) is 19.8 Å². The molecular weight excluding hydrogens is 295 g/mol. The van der Waals surface area contributed by atoms with Crippen LogP contribution in [-0.4, -0.2) is 18.7 Å². The fourth-order valence-corrected chi connectivity index (χ4v) is 1.90. The lowest BCUT2D eigenvalue weighted by atomic mass is 10.2. The molecule has 2 aromatic carbocycles. The Bertz CT molecular complexity index is 686. The summed E-state index contributed by atoms with van der Waals surface area (Å²) in [6.45, 7) is 2.73. The van der Waals surface area contributed by atoms with Crippen LogP contribution in [0, 0.1) is 5.82 Å². The van der Waals surface area contributed by atoms with Gasteiger partial charge in [-0.2, -0.15) is 5.10 Å². The fourth-order valence-electron chi connectivity index (χ4n) is 1.90. The second-order valence-electron chi connectivity index (χ2n) is 4.95. The van der Waals surface area contributed by atoms with Crippen molar-refractivity contribution >= 4 is 12.1 Å². The van der Waals surface area contributed by atoms with E-state index in [9.17, 15) is 9.18 Å². The maximum Gasteiger partial charge on any atom is 0.271 e. The summed E-state index contributed by atoms with van der Waals surface area (Å²) >= 11 is 0. The summed E-state index contributed by atoms with van der Waals surface area (Å²) in [6, 6.07) is 12.9. The van der Waals surface area contributed by atoms with Gasteiger partial charge in [-0.3, -0.25) is 4.79 Å². The van der Waals surface area contributed by atoms with Crippen molar-refractivity contribution in [1.82, 2.24) is 5.43 Å². The molecule has 0 atom stereocenters. The topological polar surface area (TPSA) is 50.7 Å². The van der Waals surface area contributed by atoms with E-state index < -0.39 is 11.7 Å². The first-order valence-corrected chi connectivity index (χ1v) is 7.51. The standard InChI is InChI=1S/C18H19FN2O2/c1-2-3-11-23-17-10-5-4-7-15(17)13-20-21-18(22)14-8-6-9-16(19)12-14/h4-10,12-13H,2-3,11H2,1H3,(H,21,22). The molecule has 0 heterocycles. The number of hydrazone groups is 1. The summed E-state index contributed by atoms with van der Waals surface area (Å²) in [5, 5.41) is 3.91. The summed E-state index contributed by atoms with van der Waals surface area (Å²) in [6.07, 6.45) is 3.54. The number of hydrogen-bond acceptors (Lipinski definition) is 3. The monoisotopic (exact) mass is 314 g/mol. The van der Waals surface area contributed by atoms with Gasteiger partial charge in [-0.15, -0.1) is 0 Å². The number of amides is 1. The van der Waals surface area contributed by atoms with Crippen molar-refractivity contribution < 1.29 is 13.9 Å².